The van der Waals surface area contributed by atoms with Crippen molar-refractivity contribution < 1.29 is 4.79 Å². The fourth-order valence-electron chi connectivity index (χ4n) is 3.72. The Morgan fingerprint density at radius 2 is 1.90 bits per heavy atom. The van der Waals surface area contributed by atoms with Crippen LogP contribution in [0, 0.1) is 5.92 Å². The summed E-state index contributed by atoms with van der Waals surface area (Å²) in [5, 5.41) is 6.72. The number of rotatable bonds is 6. The Kier molecular flexibility index (Phi) is 4.94. The first-order valence-electron chi connectivity index (χ1n) is 8.55. The van der Waals surface area contributed by atoms with Gasteiger partial charge in [-0.1, -0.05) is 12.8 Å². The zero-order valence-corrected chi connectivity index (χ0v) is 12.6. The van der Waals surface area contributed by atoms with Gasteiger partial charge in [0.25, 0.3) is 0 Å². The second-order valence-corrected chi connectivity index (χ2v) is 6.92. The van der Waals surface area contributed by atoms with Gasteiger partial charge in [0.2, 0.25) is 5.91 Å². The molecule has 3 fully saturated rings. The molecule has 3 rings (SSSR count). The van der Waals surface area contributed by atoms with Gasteiger partial charge in [-0.15, -0.1) is 0 Å². The van der Waals surface area contributed by atoms with Gasteiger partial charge in [-0.05, 0) is 57.5 Å². The fourth-order valence-corrected chi connectivity index (χ4v) is 3.72. The quantitative estimate of drug-likeness (QED) is 0.774. The van der Waals surface area contributed by atoms with Crippen LogP contribution in [0.4, 0.5) is 0 Å². The van der Waals surface area contributed by atoms with Crippen molar-refractivity contribution in [3.05, 3.63) is 0 Å². The Balaban J connectivity index is 1.44. The number of piperidine rings is 1. The Bertz CT molecular complexity index is 318. The molecular weight excluding hydrogens is 250 g/mol. The number of nitrogens with zero attached hydrogens (tertiary/aromatic N) is 1. The van der Waals surface area contributed by atoms with Crippen LogP contribution in [0.5, 0.6) is 0 Å². The monoisotopic (exact) mass is 279 g/mol. The summed E-state index contributed by atoms with van der Waals surface area (Å²) in [6.07, 6.45) is 10.1. The molecule has 0 aromatic heterocycles. The van der Waals surface area contributed by atoms with E-state index in [0.29, 0.717) is 18.6 Å². The molecule has 0 spiro atoms. The molecule has 2 aliphatic carbocycles. The van der Waals surface area contributed by atoms with E-state index >= 15 is 0 Å². The van der Waals surface area contributed by atoms with E-state index in [4.69, 9.17) is 0 Å². The van der Waals surface area contributed by atoms with Crippen molar-refractivity contribution in [2.45, 2.75) is 63.5 Å². The number of hydrogen-bond donors (Lipinski definition) is 2. The average Bonchev–Trinajstić information content (AvgIpc) is 3.18. The van der Waals surface area contributed by atoms with Crippen LogP contribution < -0.4 is 10.6 Å². The first-order chi connectivity index (χ1) is 9.81. The van der Waals surface area contributed by atoms with E-state index in [9.17, 15) is 4.79 Å². The van der Waals surface area contributed by atoms with Gasteiger partial charge in [-0.25, -0.2) is 0 Å². The Hall–Kier alpha value is -0.610. The molecule has 1 amide bonds. The maximum atomic E-state index is 12.2. The number of nitrogens with one attached hydrogen (secondary N) is 2. The number of amides is 1. The van der Waals surface area contributed by atoms with Gasteiger partial charge >= 0.3 is 0 Å². The van der Waals surface area contributed by atoms with Crippen molar-refractivity contribution in [3.63, 3.8) is 0 Å². The van der Waals surface area contributed by atoms with E-state index in [1.54, 1.807) is 0 Å². The van der Waals surface area contributed by atoms with E-state index in [2.05, 4.69) is 15.5 Å². The molecule has 1 unspecified atom stereocenters. The first kappa shape index (κ1) is 14.3. The summed E-state index contributed by atoms with van der Waals surface area (Å²) in [6.45, 7) is 4.03. The highest BCUT2D eigenvalue weighted by molar-refractivity contribution is 5.78. The van der Waals surface area contributed by atoms with E-state index < -0.39 is 0 Å². The van der Waals surface area contributed by atoms with Gasteiger partial charge in [0.15, 0.2) is 0 Å². The van der Waals surface area contributed by atoms with Gasteiger partial charge < -0.3 is 10.6 Å². The minimum atomic E-state index is 0.257. The molecule has 0 aromatic carbocycles. The molecule has 2 saturated carbocycles. The molecule has 0 radical (unpaired) electrons. The van der Waals surface area contributed by atoms with Crippen LogP contribution >= 0.6 is 0 Å². The van der Waals surface area contributed by atoms with Crippen LogP contribution in [0.1, 0.15) is 51.4 Å². The summed E-state index contributed by atoms with van der Waals surface area (Å²) in [4.78, 5) is 14.7. The topological polar surface area (TPSA) is 44.4 Å². The van der Waals surface area contributed by atoms with Crippen molar-refractivity contribution in [1.29, 1.82) is 0 Å². The maximum Gasteiger partial charge on any atom is 0.234 e. The number of carbonyl (C=O) groups excluding carboxylic acids is 1. The maximum absolute atomic E-state index is 12.2. The van der Waals surface area contributed by atoms with Crippen LogP contribution in [-0.2, 0) is 4.79 Å². The van der Waals surface area contributed by atoms with E-state index in [0.717, 1.165) is 19.0 Å². The minimum absolute atomic E-state index is 0.257. The summed E-state index contributed by atoms with van der Waals surface area (Å²) >= 11 is 0. The lowest BCUT2D eigenvalue weighted by atomic mass is 9.99. The Morgan fingerprint density at radius 1 is 1.10 bits per heavy atom. The zero-order valence-electron chi connectivity index (χ0n) is 12.6. The molecule has 3 aliphatic rings. The van der Waals surface area contributed by atoms with E-state index in [1.165, 1.54) is 57.9 Å². The average molecular weight is 279 g/mol. The van der Waals surface area contributed by atoms with Crippen molar-refractivity contribution >= 4 is 5.91 Å². The van der Waals surface area contributed by atoms with Crippen molar-refractivity contribution in [1.82, 2.24) is 15.5 Å². The molecule has 2 N–H and O–H groups in total. The van der Waals surface area contributed by atoms with Crippen LogP contribution in [0.3, 0.4) is 0 Å². The highest BCUT2D eigenvalue weighted by atomic mass is 16.2. The van der Waals surface area contributed by atoms with Crippen LogP contribution in [0.25, 0.3) is 0 Å². The lowest BCUT2D eigenvalue weighted by molar-refractivity contribution is -0.123. The third-order valence-corrected chi connectivity index (χ3v) is 5.02. The second kappa shape index (κ2) is 6.90. The van der Waals surface area contributed by atoms with Crippen LogP contribution in [0.15, 0.2) is 0 Å². The van der Waals surface area contributed by atoms with Crippen molar-refractivity contribution in [2.75, 3.05) is 26.2 Å². The van der Waals surface area contributed by atoms with Crippen LogP contribution in [0.2, 0.25) is 0 Å². The third kappa shape index (κ3) is 4.19. The summed E-state index contributed by atoms with van der Waals surface area (Å²) in [6, 6.07) is 1.14. The second-order valence-electron chi connectivity index (χ2n) is 6.92. The molecular formula is C16H29N3O. The van der Waals surface area contributed by atoms with Gasteiger partial charge in [-0.3, -0.25) is 9.69 Å². The van der Waals surface area contributed by atoms with Crippen molar-refractivity contribution in [2.24, 2.45) is 5.92 Å². The molecule has 0 aromatic rings. The molecule has 4 heteroatoms. The van der Waals surface area contributed by atoms with Gasteiger partial charge in [0.1, 0.15) is 0 Å². The smallest absolute Gasteiger partial charge is 0.234 e. The van der Waals surface area contributed by atoms with Gasteiger partial charge in [0.05, 0.1) is 6.54 Å². The minimum Gasteiger partial charge on any atom is -0.352 e. The molecule has 20 heavy (non-hydrogen) atoms. The lowest BCUT2D eigenvalue weighted by Crippen LogP contribution is -2.45. The highest BCUT2D eigenvalue weighted by Gasteiger charge is 2.32. The van der Waals surface area contributed by atoms with Gasteiger partial charge in [0, 0.05) is 18.6 Å². The van der Waals surface area contributed by atoms with E-state index in [-0.39, 0.29) is 5.91 Å². The molecule has 1 heterocycles. The zero-order chi connectivity index (χ0) is 13.8. The largest absolute Gasteiger partial charge is 0.352 e. The van der Waals surface area contributed by atoms with Crippen LogP contribution in [-0.4, -0.2) is 49.1 Å². The molecule has 0 bridgehead atoms. The fraction of sp³-hybridized carbons (Fsp3) is 0.938. The molecule has 1 saturated heterocycles. The predicted octanol–water partition coefficient (Wildman–Crippen LogP) is 1.51. The third-order valence-electron chi connectivity index (χ3n) is 5.02. The lowest BCUT2D eigenvalue weighted by Gasteiger charge is -2.30. The first-order valence-corrected chi connectivity index (χ1v) is 8.55. The summed E-state index contributed by atoms with van der Waals surface area (Å²) < 4.78 is 0. The highest BCUT2D eigenvalue weighted by Crippen LogP contribution is 2.28. The standard InChI is InChI=1S/C16H29N3O/c20-16(18-14-5-1-2-6-14)12-19(15-7-8-15)11-13-4-3-9-17-10-13/h13-15,17H,1-12H2,(H,18,20). The summed E-state index contributed by atoms with van der Waals surface area (Å²) in [5.41, 5.74) is 0. The predicted molar refractivity (Wildman–Crippen MR) is 80.6 cm³/mol. The summed E-state index contributed by atoms with van der Waals surface area (Å²) in [5.74, 6) is 0.996. The van der Waals surface area contributed by atoms with Crippen molar-refractivity contribution in [3.8, 4) is 0 Å². The molecule has 4 nitrogen and oxygen atoms in total. The molecule has 114 valence electrons. The Labute approximate surface area is 122 Å². The van der Waals surface area contributed by atoms with Gasteiger partial charge in [-0.2, -0.15) is 0 Å². The normalized spacial score (nSPS) is 27.9. The molecule has 1 atom stereocenters. The van der Waals surface area contributed by atoms with E-state index in [1.807, 2.05) is 0 Å². The number of hydrogen-bond acceptors (Lipinski definition) is 3. The summed E-state index contributed by atoms with van der Waals surface area (Å²) in [7, 11) is 0. The SMILES string of the molecule is O=C(CN(CC1CCCNC1)C1CC1)NC1CCCC1. The molecule has 1 aliphatic heterocycles. The number of carbonyl (C=O) groups is 1. The Morgan fingerprint density at radius 3 is 2.55 bits per heavy atom.